The number of carbonyl (C=O) groups is 2. The molecule has 142 valence electrons. The number of hydrogen-bond acceptors (Lipinski definition) is 7. The van der Waals surface area contributed by atoms with Crippen molar-refractivity contribution in [3.8, 4) is 11.5 Å². The van der Waals surface area contributed by atoms with Crippen molar-refractivity contribution in [3.63, 3.8) is 0 Å². The van der Waals surface area contributed by atoms with Gasteiger partial charge in [0.1, 0.15) is 17.1 Å². The molecule has 0 aliphatic heterocycles. The normalized spacial score (nSPS) is 12.1. The molecule has 0 unspecified atom stereocenters. The van der Waals surface area contributed by atoms with E-state index in [1.54, 1.807) is 12.1 Å². The van der Waals surface area contributed by atoms with Crippen LogP contribution in [0.4, 0.5) is 11.4 Å². The molecule has 3 aromatic rings. The van der Waals surface area contributed by atoms with Gasteiger partial charge in [0.15, 0.2) is 5.78 Å². The van der Waals surface area contributed by atoms with Gasteiger partial charge in [-0.2, -0.15) is 0 Å². The molecule has 3 aromatic carbocycles. The number of non-ortho nitro benzene ring substituents is 1. The number of nitro groups is 2. The van der Waals surface area contributed by atoms with Gasteiger partial charge < -0.3 is 4.74 Å². The molecule has 0 heterocycles. The minimum Gasteiger partial charge on any atom is -0.457 e. The van der Waals surface area contributed by atoms with E-state index in [1.807, 2.05) is 0 Å². The minimum atomic E-state index is -0.729. The first kappa shape index (κ1) is 18.0. The monoisotopic (exact) mass is 390 g/mol. The Morgan fingerprint density at radius 1 is 0.690 bits per heavy atom. The predicted molar refractivity (Wildman–Crippen MR) is 99.6 cm³/mol. The van der Waals surface area contributed by atoms with Crippen LogP contribution in [-0.2, 0) is 0 Å². The fraction of sp³-hybridized carbons (Fsp3) is 0. The second-order valence-electron chi connectivity index (χ2n) is 6.15. The van der Waals surface area contributed by atoms with Gasteiger partial charge in [-0.25, -0.2) is 0 Å². The van der Waals surface area contributed by atoms with Crippen LogP contribution in [0.15, 0.2) is 60.7 Å². The van der Waals surface area contributed by atoms with Crippen LogP contribution in [0.1, 0.15) is 31.8 Å². The lowest BCUT2D eigenvalue weighted by atomic mass is 9.82. The highest BCUT2D eigenvalue weighted by molar-refractivity contribution is 6.30. The Labute approximate surface area is 162 Å². The quantitative estimate of drug-likeness (QED) is 0.379. The van der Waals surface area contributed by atoms with Gasteiger partial charge >= 0.3 is 0 Å². The summed E-state index contributed by atoms with van der Waals surface area (Å²) in [5.41, 5.74) is -0.980. The van der Waals surface area contributed by atoms with Crippen LogP contribution in [0.3, 0.4) is 0 Å². The van der Waals surface area contributed by atoms with Gasteiger partial charge in [-0.05, 0) is 18.2 Å². The smallest absolute Gasteiger partial charge is 0.281 e. The Morgan fingerprint density at radius 3 is 1.83 bits per heavy atom. The third-order valence-corrected chi connectivity index (χ3v) is 4.49. The number of nitro benzene ring substituents is 2. The van der Waals surface area contributed by atoms with E-state index in [1.165, 1.54) is 42.5 Å². The van der Waals surface area contributed by atoms with Crippen LogP contribution >= 0.6 is 0 Å². The van der Waals surface area contributed by atoms with E-state index in [9.17, 15) is 29.8 Å². The molecule has 0 spiro atoms. The molecule has 0 fully saturated rings. The summed E-state index contributed by atoms with van der Waals surface area (Å²) in [6.07, 6.45) is 0. The Morgan fingerprint density at radius 2 is 1.28 bits per heavy atom. The molecule has 0 radical (unpaired) electrons. The van der Waals surface area contributed by atoms with E-state index >= 15 is 0 Å². The van der Waals surface area contributed by atoms with E-state index in [0.717, 1.165) is 6.07 Å². The molecule has 0 aromatic heterocycles. The number of rotatable bonds is 4. The number of nitrogens with zero attached hydrogens (tertiary/aromatic N) is 2. The first-order chi connectivity index (χ1) is 13.9. The number of benzene rings is 3. The standard InChI is InChI=1S/C20H10N2O7/c23-19-13-3-1-2-4-14(13)20(24)18-16(10-9-15(17(18)19)22(27)28)29-12-7-5-11(6-8-12)21(25)26/h1-10H. The third-order valence-electron chi connectivity index (χ3n) is 4.49. The fourth-order valence-electron chi connectivity index (χ4n) is 3.18. The number of fused-ring (bicyclic) bond motifs is 2. The lowest BCUT2D eigenvalue weighted by molar-refractivity contribution is -0.385. The number of ether oxygens (including phenoxy) is 1. The summed E-state index contributed by atoms with van der Waals surface area (Å²) in [6.45, 7) is 0. The molecule has 9 nitrogen and oxygen atoms in total. The molecule has 1 aliphatic rings. The Balaban J connectivity index is 1.87. The average molecular weight is 390 g/mol. The number of carbonyl (C=O) groups excluding carboxylic acids is 2. The van der Waals surface area contributed by atoms with Gasteiger partial charge in [0.25, 0.3) is 11.4 Å². The van der Waals surface area contributed by atoms with Gasteiger partial charge in [-0.1, -0.05) is 24.3 Å². The summed E-state index contributed by atoms with van der Waals surface area (Å²) in [4.78, 5) is 46.9. The topological polar surface area (TPSA) is 130 Å². The van der Waals surface area contributed by atoms with Crippen molar-refractivity contribution in [3.05, 3.63) is 103 Å². The summed E-state index contributed by atoms with van der Waals surface area (Å²) in [6, 6.07) is 13.5. The van der Waals surface area contributed by atoms with Crippen LogP contribution < -0.4 is 4.74 Å². The zero-order chi connectivity index (χ0) is 20.7. The van der Waals surface area contributed by atoms with Crippen molar-refractivity contribution >= 4 is 22.9 Å². The molecule has 0 bridgehead atoms. The second-order valence-corrected chi connectivity index (χ2v) is 6.15. The maximum Gasteiger partial charge on any atom is 0.281 e. The molecule has 0 atom stereocenters. The summed E-state index contributed by atoms with van der Waals surface area (Å²) in [5, 5.41) is 22.2. The molecule has 1 aliphatic carbocycles. The van der Waals surface area contributed by atoms with Crippen molar-refractivity contribution in [2.75, 3.05) is 0 Å². The van der Waals surface area contributed by atoms with Crippen molar-refractivity contribution < 1.29 is 24.2 Å². The second kappa shape index (κ2) is 6.64. The molecule has 9 heteroatoms. The Bertz CT molecular complexity index is 1220. The van der Waals surface area contributed by atoms with E-state index in [0.29, 0.717) is 0 Å². The van der Waals surface area contributed by atoms with Crippen molar-refractivity contribution in [2.24, 2.45) is 0 Å². The molecule has 0 saturated carbocycles. The molecule has 0 amide bonds. The Hall–Kier alpha value is -4.40. The van der Waals surface area contributed by atoms with Crippen LogP contribution in [0, 0.1) is 20.2 Å². The molecule has 29 heavy (non-hydrogen) atoms. The van der Waals surface area contributed by atoms with Crippen molar-refractivity contribution in [1.29, 1.82) is 0 Å². The predicted octanol–water partition coefficient (Wildman–Crippen LogP) is 4.07. The first-order valence-corrected chi connectivity index (χ1v) is 8.30. The van der Waals surface area contributed by atoms with E-state index in [2.05, 4.69) is 0 Å². The van der Waals surface area contributed by atoms with Crippen LogP contribution in [0.2, 0.25) is 0 Å². The van der Waals surface area contributed by atoms with Gasteiger partial charge in [-0.15, -0.1) is 0 Å². The van der Waals surface area contributed by atoms with E-state index in [4.69, 9.17) is 4.74 Å². The summed E-state index contributed by atoms with van der Waals surface area (Å²) in [7, 11) is 0. The largest absolute Gasteiger partial charge is 0.457 e. The van der Waals surface area contributed by atoms with Crippen molar-refractivity contribution in [1.82, 2.24) is 0 Å². The maximum atomic E-state index is 13.0. The lowest BCUT2D eigenvalue weighted by Gasteiger charge is -2.20. The molecule has 4 rings (SSSR count). The average Bonchev–Trinajstić information content (AvgIpc) is 2.72. The van der Waals surface area contributed by atoms with Gasteiger partial charge in [0.05, 0.1) is 15.4 Å². The molecule has 0 saturated heterocycles. The number of ketones is 2. The first-order valence-electron chi connectivity index (χ1n) is 8.30. The highest BCUT2D eigenvalue weighted by Gasteiger charge is 2.38. The van der Waals surface area contributed by atoms with Crippen molar-refractivity contribution in [2.45, 2.75) is 0 Å². The fourth-order valence-corrected chi connectivity index (χ4v) is 3.18. The third kappa shape index (κ3) is 2.90. The summed E-state index contributed by atoms with van der Waals surface area (Å²) in [5.74, 6) is -1.09. The molecule has 0 N–H and O–H groups in total. The molecular weight excluding hydrogens is 380 g/mol. The van der Waals surface area contributed by atoms with E-state index < -0.39 is 27.1 Å². The highest BCUT2D eigenvalue weighted by Crippen LogP contribution is 2.40. The van der Waals surface area contributed by atoms with E-state index in [-0.39, 0.29) is 39.4 Å². The maximum absolute atomic E-state index is 13.0. The highest BCUT2D eigenvalue weighted by atomic mass is 16.6. The van der Waals surface area contributed by atoms with Gasteiger partial charge in [0, 0.05) is 29.3 Å². The summed E-state index contributed by atoms with van der Waals surface area (Å²) >= 11 is 0. The molecular formula is C20H10N2O7. The minimum absolute atomic E-state index is 0.0488. The van der Waals surface area contributed by atoms with Crippen LogP contribution in [0.5, 0.6) is 11.5 Å². The lowest BCUT2D eigenvalue weighted by Crippen LogP contribution is -2.22. The zero-order valence-electron chi connectivity index (χ0n) is 14.5. The van der Waals surface area contributed by atoms with Gasteiger partial charge in [-0.3, -0.25) is 29.8 Å². The summed E-state index contributed by atoms with van der Waals surface area (Å²) < 4.78 is 5.66. The van der Waals surface area contributed by atoms with Gasteiger partial charge in [0.2, 0.25) is 5.78 Å². The Kier molecular flexibility index (Phi) is 4.12. The SMILES string of the molecule is O=C1c2ccccc2C(=O)c2c([N+](=O)[O-])ccc(Oc3ccc([N+](=O)[O-])cc3)c21. The number of hydrogen-bond donors (Lipinski definition) is 0. The zero-order valence-corrected chi connectivity index (χ0v) is 14.5. The van der Waals surface area contributed by atoms with Crippen LogP contribution in [-0.4, -0.2) is 21.4 Å². The van der Waals surface area contributed by atoms with Crippen LogP contribution in [0.25, 0.3) is 0 Å².